The quantitative estimate of drug-likeness (QED) is 0.338. The molecule has 0 radical (unpaired) electrons. The fraction of sp³-hybridized carbons (Fsp3) is 0.400. The second-order valence-electron chi connectivity index (χ2n) is 10.7. The number of nitrogens with one attached hydrogen (secondary N) is 2. The Balaban J connectivity index is 1.21. The number of amides is 1. The van der Waals surface area contributed by atoms with Crippen LogP contribution >= 0.6 is 0 Å². The number of likely N-dealkylation sites (tertiary alicyclic amines) is 1. The van der Waals surface area contributed by atoms with Crippen molar-refractivity contribution in [3.05, 3.63) is 66.6 Å². The first-order valence-electron chi connectivity index (χ1n) is 13.8. The van der Waals surface area contributed by atoms with Gasteiger partial charge in [-0.3, -0.25) is 14.7 Å². The molecular formula is C30H35N7O2. The van der Waals surface area contributed by atoms with Gasteiger partial charge in [0, 0.05) is 48.0 Å². The highest BCUT2D eigenvalue weighted by atomic mass is 16.5. The molecule has 6 rings (SSSR count). The predicted octanol–water partition coefficient (Wildman–Crippen LogP) is 4.15. The largest absolute Gasteiger partial charge is 0.492 e. The van der Waals surface area contributed by atoms with E-state index >= 15 is 0 Å². The summed E-state index contributed by atoms with van der Waals surface area (Å²) in [7, 11) is 0. The minimum Gasteiger partial charge on any atom is -0.492 e. The molecule has 1 amide bonds. The first kappa shape index (κ1) is 25.3. The van der Waals surface area contributed by atoms with Gasteiger partial charge in [-0.25, -0.2) is 4.98 Å². The Morgan fingerprint density at radius 3 is 2.77 bits per heavy atom. The molecule has 1 saturated carbocycles. The average Bonchev–Trinajstić information content (AvgIpc) is 3.69. The van der Waals surface area contributed by atoms with Crippen LogP contribution in [0.25, 0.3) is 11.1 Å². The van der Waals surface area contributed by atoms with Crippen LogP contribution < -0.4 is 21.1 Å². The zero-order valence-electron chi connectivity index (χ0n) is 22.2. The number of anilines is 3. The van der Waals surface area contributed by atoms with Gasteiger partial charge in [-0.15, -0.1) is 0 Å². The average molecular weight is 526 g/mol. The fourth-order valence-electron chi connectivity index (χ4n) is 6.16. The van der Waals surface area contributed by atoms with Gasteiger partial charge < -0.3 is 21.1 Å². The van der Waals surface area contributed by atoms with Crippen LogP contribution in [0.1, 0.15) is 24.8 Å². The van der Waals surface area contributed by atoms with Crippen molar-refractivity contribution in [3.63, 3.8) is 0 Å². The molecule has 2 aromatic heterocycles. The number of fused-ring (bicyclic) bond motifs is 2. The molecule has 4 unspecified atom stereocenters. The molecule has 202 valence electrons. The monoisotopic (exact) mass is 525 g/mol. The maximum atomic E-state index is 12.3. The maximum absolute atomic E-state index is 12.3. The van der Waals surface area contributed by atoms with Crippen molar-refractivity contribution in [1.29, 1.82) is 0 Å². The van der Waals surface area contributed by atoms with Gasteiger partial charge >= 0.3 is 0 Å². The standard InChI is InChI=1S/C30H35N7O2/c1-19-15-23(8-9-25(19)39-14-13-37-11-2-3-12-37)34-30-33-18-24(22-5-4-10-32-17-22)29(36-30)35-27-21-7-6-20(16-21)26(27)28(31)38/h4-10,15,17-18,20-21,26-27H,2-3,11-14,16H2,1H3,(H2,31,38)(H2,33,34,35,36). The van der Waals surface area contributed by atoms with Crippen LogP contribution in [-0.4, -0.2) is 58.0 Å². The molecule has 1 saturated heterocycles. The first-order chi connectivity index (χ1) is 19.0. The molecule has 4 N–H and O–H groups in total. The van der Waals surface area contributed by atoms with Crippen molar-refractivity contribution in [2.75, 3.05) is 36.9 Å². The summed E-state index contributed by atoms with van der Waals surface area (Å²) in [5.74, 6) is 1.85. The van der Waals surface area contributed by atoms with E-state index in [0.717, 1.165) is 41.1 Å². The highest BCUT2D eigenvalue weighted by molar-refractivity contribution is 5.81. The van der Waals surface area contributed by atoms with E-state index in [-0.39, 0.29) is 29.7 Å². The fourth-order valence-corrected chi connectivity index (χ4v) is 6.16. The third-order valence-corrected chi connectivity index (χ3v) is 8.15. The van der Waals surface area contributed by atoms with E-state index in [2.05, 4.69) is 37.7 Å². The molecule has 0 spiro atoms. The number of primary amides is 1. The summed E-state index contributed by atoms with van der Waals surface area (Å²) >= 11 is 0. The second-order valence-corrected chi connectivity index (χ2v) is 10.7. The summed E-state index contributed by atoms with van der Waals surface area (Å²) in [5.41, 5.74) is 9.45. The van der Waals surface area contributed by atoms with Crippen LogP contribution in [0.5, 0.6) is 5.75 Å². The lowest BCUT2D eigenvalue weighted by molar-refractivity contribution is -0.122. The molecule has 3 aromatic rings. The highest BCUT2D eigenvalue weighted by Gasteiger charge is 2.47. The molecule has 9 nitrogen and oxygen atoms in total. The molecule has 2 aliphatic carbocycles. The van der Waals surface area contributed by atoms with Crippen LogP contribution in [0.4, 0.5) is 17.5 Å². The summed E-state index contributed by atoms with van der Waals surface area (Å²) in [6.07, 6.45) is 13.1. The number of benzene rings is 1. The molecule has 9 heteroatoms. The molecule has 2 bridgehead atoms. The zero-order valence-corrected chi connectivity index (χ0v) is 22.2. The van der Waals surface area contributed by atoms with Gasteiger partial charge in [0.1, 0.15) is 18.2 Å². The van der Waals surface area contributed by atoms with Gasteiger partial charge in [0.25, 0.3) is 0 Å². The van der Waals surface area contributed by atoms with Crippen LogP contribution in [-0.2, 0) is 4.79 Å². The SMILES string of the molecule is Cc1cc(Nc2ncc(-c3cccnc3)c(NC3C4C=CC(C4)C3C(N)=O)n2)ccc1OCCN1CCCC1. The number of allylic oxidation sites excluding steroid dienone is 1. The summed E-state index contributed by atoms with van der Waals surface area (Å²) in [6.45, 7) is 6.03. The normalized spacial score (nSPS) is 23.7. The second kappa shape index (κ2) is 11.0. The Bertz CT molecular complexity index is 1360. The third kappa shape index (κ3) is 5.45. The molecule has 39 heavy (non-hydrogen) atoms. The van der Waals surface area contributed by atoms with E-state index in [1.165, 1.54) is 25.9 Å². The lowest BCUT2D eigenvalue weighted by atomic mass is 9.88. The number of rotatable bonds is 10. The third-order valence-electron chi connectivity index (χ3n) is 8.15. The summed E-state index contributed by atoms with van der Waals surface area (Å²) in [6, 6.07) is 9.75. The van der Waals surface area contributed by atoms with Gasteiger partial charge in [-0.05, 0) is 80.9 Å². The van der Waals surface area contributed by atoms with Crippen molar-refractivity contribution < 1.29 is 9.53 Å². The lowest BCUT2D eigenvalue weighted by Crippen LogP contribution is -2.41. The van der Waals surface area contributed by atoms with Crippen LogP contribution in [0.2, 0.25) is 0 Å². The number of hydrogen-bond acceptors (Lipinski definition) is 8. The molecule has 1 aliphatic heterocycles. The van der Waals surface area contributed by atoms with Gasteiger partial charge in [0.15, 0.2) is 0 Å². The van der Waals surface area contributed by atoms with Crippen molar-refractivity contribution in [1.82, 2.24) is 19.9 Å². The molecule has 3 aliphatic rings. The minimum absolute atomic E-state index is 0.116. The molecule has 4 atom stereocenters. The molecule has 3 heterocycles. The maximum Gasteiger partial charge on any atom is 0.229 e. The van der Waals surface area contributed by atoms with Crippen molar-refractivity contribution >= 4 is 23.4 Å². The Kier molecular flexibility index (Phi) is 7.15. The number of carbonyl (C=O) groups is 1. The number of nitrogens with zero attached hydrogens (tertiary/aromatic N) is 4. The molecule has 2 fully saturated rings. The van der Waals surface area contributed by atoms with E-state index in [1.807, 2.05) is 37.3 Å². The predicted molar refractivity (Wildman–Crippen MR) is 152 cm³/mol. The summed E-state index contributed by atoms with van der Waals surface area (Å²) < 4.78 is 6.06. The Morgan fingerprint density at radius 1 is 1.15 bits per heavy atom. The smallest absolute Gasteiger partial charge is 0.229 e. The number of ether oxygens (including phenoxy) is 1. The minimum atomic E-state index is -0.280. The van der Waals surface area contributed by atoms with E-state index in [0.29, 0.717) is 18.4 Å². The lowest BCUT2D eigenvalue weighted by Gasteiger charge is -2.28. The van der Waals surface area contributed by atoms with E-state index < -0.39 is 0 Å². The van der Waals surface area contributed by atoms with Crippen LogP contribution in [0.3, 0.4) is 0 Å². The van der Waals surface area contributed by atoms with Gasteiger partial charge in [0.05, 0.1) is 5.92 Å². The summed E-state index contributed by atoms with van der Waals surface area (Å²) in [4.78, 5) is 28.5. The number of pyridine rings is 1. The number of aryl methyl sites for hydroxylation is 1. The number of aromatic nitrogens is 3. The van der Waals surface area contributed by atoms with Crippen molar-refractivity contribution in [2.45, 2.75) is 32.2 Å². The Hall–Kier alpha value is -3.98. The number of carbonyl (C=O) groups excluding carboxylic acids is 1. The molecular weight excluding hydrogens is 490 g/mol. The Morgan fingerprint density at radius 2 is 2.00 bits per heavy atom. The van der Waals surface area contributed by atoms with Crippen LogP contribution in [0.15, 0.2) is 61.1 Å². The van der Waals surface area contributed by atoms with E-state index in [9.17, 15) is 4.79 Å². The van der Waals surface area contributed by atoms with Gasteiger partial charge in [-0.1, -0.05) is 18.2 Å². The van der Waals surface area contributed by atoms with Gasteiger partial charge in [0.2, 0.25) is 11.9 Å². The van der Waals surface area contributed by atoms with Crippen molar-refractivity contribution in [2.24, 2.45) is 23.5 Å². The van der Waals surface area contributed by atoms with Crippen LogP contribution in [0, 0.1) is 24.7 Å². The van der Waals surface area contributed by atoms with Gasteiger partial charge in [-0.2, -0.15) is 4.98 Å². The summed E-state index contributed by atoms with van der Waals surface area (Å²) in [5, 5.41) is 6.91. The number of hydrogen-bond donors (Lipinski definition) is 3. The number of nitrogens with two attached hydrogens (primary N) is 1. The zero-order chi connectivity index (χ0) is 26.8. The van der Waals surface area contributed by atoms with E-state index in [1.54, 1.807) is 18.6 Å². The molecule has 1 aromatic carbocycles. The topological polar surface area (TPSA) is 118 Å². The highest BCUT2D eigenvalue weighted by Crippen LogP contribution is 2.45. The Labute approximate surface area is 228 Å². The first-order valence-corrected chi connectivity index (χ1v) is 13.8. The van der Waals surface area contributed by atoms with Crippen molar-refractivity contribution in [3.8, 4) is 16.9 Å². The van der Waals surface area contributed by atoms with E-state index in [4.69, 9.17) is 15.5 Å².